The normalized spacial score (nSPS) is 24.2. The number of hydrogen-bond donors (Lipinski definition) is 3. The fourth-order valence-corrected chi connectivity index (χ4v) is 7.72. The SMILES string of the molecule is CCN1CCN(C(=O)NC(C(=O)NC2C(=O)N3CC(CSc4nnnn4C)(C(=O)O)CS[C@H]23)c2ccccc2)C(=O)C1=O. The molecule has 0 radical (unpaired) electrons. The average molecular weight is 632 g/mol. The molecule has 228 valence electrons. The number of amides is 6. The van der Waals surface area contributed by atoms with Gasteiger partial charge >= 0.3 is 23.8 Å². The first-order valence-corrected chi connectivity index (χ1v) is 15.4. The summed E-state index contributed by atoms with van der Waals surface area (Å²) in [6.45, 7) is 2.14. The van der Waals surface area contributed by atoms with E-state index in [2.05, 4.69) is 26.2 Å². The molecule has 3 fully saturated rings. The third kappa shape index (κ3) is 5.75. The molecule has 1 aromatic heterocycles. The van der Waals surface area contributed by atoms with Crippen molar-refractivity contribution in [2.45, 2.75) is 29.5 Å². The predicted octanol–water partition coefficient (Wildman–Crippen LogP) is -1.09. The molecule has 3 unspecified atom stereocenters. The smallest absolute Gasteiger partial charge is 0.325 e. The molecule has 4 heterocycles. The standard InChI is InChI=1S/C25H29N9O7S2/c1-3-32-9-10-33(20(38)19(32)37)23(41)27-15(14-7-5-4-6-8-14)17(35)26-16-18(36)34-11-25(22(39)40,12-42-21(16)34)13-43-24-28-29-30-31(24)2/h4-8,15-16,21H,3,9-13H2,1-2H3,(H,26,35)(H,27,41)(H,39,40)/t15?,16?,21-,25?/m1/s1. The van der Waals surface area contributed by atoms with Crippen LogP contribution in [0, 0.1) is 5.41 Å². The molecule has 3 aliphatic heterocycles. The first-order valence-electron chi connectivity index (χ1n) is 13.3. The number of piperazine rings is 1. The number of aromatic nitrogens is 4. The lowest BCUT2D eigenvalue weighted by Crippen LogP contribution is -2.74. The number of carbonyl (C=O) groups excluding carboxylic acids is 5. The molecule has 3 aliphatic rings. The van der Waals surface area contributed by atoms with Crippen molar-refractivity contribution in [3.63, 3.8) is 0 Å². The van der Waals surface area contributed by atoms with Gasteiger partial charge in [0.1, 0.15) is 22.9 Å². The zero-order valence-corrected chi connectivity index (χ0v) is 24.8. The first kappa shape index (κ1) is 30.3. The van der Waals surface area contributed by atoms with Crippen molar-refractivity contribution in [1.29, 1.82) is 0 Å². The Hall–Kier alpha value is -4.19. The van der Waals surface area contributed by atoms with Crippen molar-refractivity contribution in [3.8, 4) is 0 Å². The van der Waals surface area contributed by atoms with Gasteiger partial charge in [0.2, 0.25) is 17.0 Å². The second-order valence-corrected chi connectivity index (χ2v) is 12.3. The van der Waals surface area contributed by atoms with Crippen molar-refractivity contribution in [2.75, 3.05) is 37.7 Å². The van der Waals surface area contributed by atoms with Gasteiger partial charge in [0.25, 0.3) is 0 Å². The van der Waals surface area contributed by atoms with Gasteiger partial charge in [0.15, 0.2) is 0 Å². The van der Waals surface area contributed by atoms with E-state index in [1.165, 1.54) is 38.0 Å². The molecule has 43 heavy (non-hydrogen) atoms. The van der Waals surface area contributed by atoms with E-state index in [-0.39, 0.29) is 31.1 Å². The number of β-lactam (4-membered cyclic amide) rings is 1. The summed E-state index contributed by atoms with van der Waals surface area (Å²) in [5.74, 6) is -3.67. The fourth-order valence-electron chi connectivity index (χ4n) is 5.01. The fraction of sp³-hybridized carbons (Fsp3) is 0.480. The number of imide groups is 1. The van der Waals surface area contributed by atoms with Gasteiger partial charge in [-0.1, -0.05) is 42.1 Å². The van der Waals surface area contributed by atoms with E-state index in [1.807, 2.05) is 0 Å². The van der Waals surface area contributed by atoms with Gasteiger partial charge in [0, 0.05) is 44.7 Å². The first-order chi connectivity index (χ1) is 20.6. The average Bonchev–Trinajstić information content (AvgIpc) is 3.43. The quantitative estimate of drug-likeness (QED) is 0.172. The van der Waals surface area contributed by atoms with Gasteiger partial charge in [-0.15, -0.1) is 16.9 Å². The van der Waals surface area contributed by atoms with Crippen LogP contribution in [0.15, 0.2) is 35.5 Å². The van der Waals surface area contributed by atoms with E-state index in [1.54, 1.807) is 44.3 Å². The maximum atomic E-state index is 13.5. The molecule has 0 spiro atoms. The van der Waals surface area contributed by atoms with Crippen LogP contribution in [-0.2, 0) is 31.0 Å². The number of aliphatic carboxylic acids is 1. The highest BCUT2D eigenvalue weighted by atomic mass is 32.2. The summed E-state index contributed by atoms with van der Waals surface area (Å²) in [7, 11) is 1.64. The largest absolute Gasteiger partial charge is 0.481 e. The van der Waals surface area contributed by atoms with E-state index in [0.717, 1.165) is 4.90 Å². The van der Waals surface area contributed by atoms with E-state index >= 15 is 0 Å². The minimum absolute atomic E-state index is 0.0288. The van der Waals surface area contributed by atoms with Crippen molar-refractivity contribution in [1.82, 2.24) is 45.5 Å². The van der Waals surface area contributed by atoms with Crippen LogP contribution >= 0.6 is 23.5 Å². The maximum Gasteiger partial charge on any atom is 0.325 e. The molecule has 0 aliphatic carbocycles. The highest BCUT2D eigenvalue weighted by molar-refractivity contribution is 8.00. The molecule has 0 bridgehead atoms. The second kappa shape index (κ2) is 12.2. The van der Waals surface area contributed by atoms with Crippen LogP contribution in [0.3, 0.4) is 0 Å². The van der Waals surface area contributed by atoms with Crippen molar-refractivity contribution in [3.05, 3.63) is 35.9 Å². The van der Waals surface area contributed by atoms with Crippen LogP contribution in [0.2, 0.25) is 0 Å². The van der Waals surface area contributed by atoms with Gasteiger partial charge in [-0.2, -0.15) is 0 Å². The number of carbonyl (C=O) groups is 6. The molecule has 2 aromatic rings. The van der Waals surface area contributed by atoms with E-state index < -0.39 is 58.5 Å². The Bertz CT molecular complexity index is 1460. The van der Waals surface area contributed by atoms with E-state index in [0.29, 0.717) is 17.3 Å². The van der Waals surface area contributed by atoms with Crippen LogP contribution in [0.5, 0.6) is 0 Å². The van der Waals surface area contributed by atoms with Crippen molar-refractivity contribution < 1.29 is 33.9 Å². The molecule has 3 N–H and O–H groups in total. The predicted molar refractivity (Wildman–Crippen MR) is 151 cm³/mol. The molecule has 18 heteroatoms. The Labute approximate surface area is 253 Å². The number of tetrazole rings is 1. The minimum atomic E-state index is -1.27. The van der Waals surface area contributed by atoms with Gasteiger partial charge in [0.05, 0.1) is 0 Å². The van der Waals surface area contributed by atoms with Crippen molar-refractivity contribution >= 4 is 59.2 Å². The number of rotatable bonds is 9. The molecule has 4 atom stereocenters. The lowest BCUT2D eigenvalue weighted by Gasteiger charge is -2.53. The maximum absolute atomic E-state index is 13.5. The third-order valence-electron chi connectivity index (χ3n) is 7.55. The second-order valence-electron chi connectivity index (χ2n) is 10.2. The molecule has 6 amide bonds. The summed E-state index contributed by atoms with van der Waals surface area (Å²) in [6.07, 6.45) is 0. The van der Waals surface area contributed by atoms with Crippen LogP contribution in [-0.4, -0.2) is 125 Å². The number of carboxylic acid groups (broad SMARTS) is 1. The summed E-state index contributed by atoms with van der Waals surface area (Å²) in [5.41, 5.74) is -0.853. The minimum Gasteiger partial charge on any atom is -0.481 e. The number of nitrogens with one attached hydrogen (secondary N) is 2. The van der Waals surface area contributed by atoms with Crippen LogP contribution in [0.4, 0.5) is 4.79 Å². The zero-order valence-electron chi connectivity index (χ0n) is 23.2. The lowest BCUT2D eigenvalue weighted by atomic mass is 9.89. The third-order valence-corrected chi connectivity index (χ3v) is 10.4. The number of hydrogen-bond acceptors (Lipinski definition) is 11. The Morgan fingerprint density at radius 3 is 2.56 bits per heavy atom. The summed E-state index contributed by atoms with van der Waals surface area (Å²) in [6, 6.07) is 5.17. The molecule has 16 nitrogen and oxygen atoms in total. The molecule has 5 rings (SSSR count). The number of carboxylic acids is 1. The molecular weight excluding hydrogens is 602 g/mol. The number of urea groups is 1. The Morgan fingerprint density at radius 1 is 1.16 bits per heavy atom. The molecule has 1 aromatic carbocycles. The lowest BCUT2D eigenvalue weighted by molar-refractivity contribution is -0.157. The number of fused-ring (bicyclic) bond motifs is 1. The number of nitrogens with zero attached hydrogens (tertiary/aromatic N) is 7. The Balaban J connectivity index is 1.26. The van der Waals surface area contributed by atoms with Gasteiger partial charge in [-0.05, 0) is 22.9 Å². The monoisotopic (exact) mass is 631 g/mol. The Morgan fingerprint density at radius 2 is 1.91 bits per heavy atom. The highest BCUT2D eigenvalue weighted by Crippen LogP contribution is 2.44. The van der Waals surface area contributed by atoms with Gasteiger partial charge in [-0.25, -0.2) is 9.48 Å². The van der Waals surface area contributed by atoms with Crippen LogP contribution in [0.1, 0.15) is 18.5 Å². The van der Waals surface area contributed by atoms with Crippen molar-refractivity contribution in [2.24, 2.45) is 12.5 Å². The van der Waals surface area contributed by atoms with Gasteiger partial charge in [-0.3, -0.25) is 28.9 Å². The van der Waals surface area contributed by atoms with Crippen LogP contribution < -0.4 is 10.6 Å². The molecule has 0 saturated carbocycles. The Kier molecular flexibility index (Phi) is 8.59. The van der Waals surface area contributed by atoms with E-state index in [4.69, 9.17) is 0 Å². The zero-order chi connectivity index (χ0) is 30.9. The number of likely N-dealkylation sites (N-methyl/N-ethyl adjacent to an activating group) is 1. The molecular formula is C25H29N9O7S2. The van der Waals surface area contributed by atoms with Crippen LogP contribution in [0.25, 0.3) is 0 Å². The molecule has 3 saturated heterocycles. The van der Waals surface area contributed by atoms with E-state index in [9.17, 15) is 33.9 Å². The highest BCUT2D eigenvalue weighted by Gasteiger charge is 2.57. The number of benzene rings is 1. The summed E-state index contributed by atoms with van der Waals surface area (Å²) in [4.78, 5) is 80.5. The summed E-state index contributed by atoms with van der Waals surface area (Å²) < 4.78 is 1.43. The topological polar surface area (TPSA) is 200 Å². The summed E-state index contributed by atoms with van der Waals surface area (Å²) >= 11 is 2.43. The van der Waals surface area contributed by atoms with Gasteiger partial charge < -0.3 is 25.5 Å². The number of aryl methyl sites for hydroxylation is 1. The number of thioether (sulfide) groups is 2. The summed E-state index contributed by atoms with van der Waals surface area (Å²) in [5, 5.41) is 26.4.